The molecule has 1 aromatic heterocycles. The summed E-state index contributed by atoms with van der Waals surface area (Å²) in [6.07, 6.45) is 9.55. The second-order valence-corrected chi connectivity index (χ2v) is 6.09. The first kappa shape index (κ1) is 15.5. The van der Waals surface area contributed by atoms with Gasteiger partial charge in [0, 0.05) is 24.9 Å². The summed E-state index contributed by atoms with van der Waals surface area (Å²) >= 11 is 0. The minimum Gasteiger partial charge on any atom is -0.337 e. The smallest absolute Gasteiger partial charge is 0.0946 e. The Balaban J connectivity index is 1.78. The number of rotatable bonds is 7. The molecular formula is C21H24N2. The highest BCUT2D eigenvalue weighted by Gasteiger charge is 2.12. The summed E-state index contributed by atoms with van der Waals surface area (Å²) in [5.74, 6) is 0.550. The first-order valence-electron chi connectivity index (χ1n) is 8.48. The fraction of sp³-hybridized carbons (Fsp3) is 0.286. The van der Waals surface area contributed by atoms with E-state index in [4.69, 9.17) is 0 Å². The van der Waals surface area contributed by atoms with Crippen LogP contribution in [0.1, 0.15) is 37.7 Å². The van der Waals surface area contributed by atoms with Crippen molar-refractivity contribution in [2.75, 3.05) is 0 Å². The van der Waals surface area contributed by atoms with E-state index in [2.05, 4.69) is 77.3 Å². The average Bonchev–Trinajstić information content (AvgIpc) is 3.13. The van der Waals surface area contributed by atoms with Crippen LogP contribution < -0.4 is 0 Å². The van der Waals surface area contributed by atoms with Gasteiger partial charge in [-0.15, -0.1) is 0 Å². The third kappa shape index (κ3) is 4.10. The highest BCUT2D eigenvalue weighted by atomic mass is 15.0. The first-order valence-corrected chi connectivity index (χ1v) is 8.48. The van der Waals surface area contributed by atoms with Crippen LogP contribution >= 0.6 is 0 Å². The zero-order valence-electron chi connectivity index (χ0n) is 13.7. The Kier molecular flexibility index (Phi) is 5.25. The Bertz CT molecular complexity index is 684. The largest absolute Gasteiger partial charge is 0.337 e. The molecule has 1 heterocycles. The zero-order chi connectivity index (χ0) is 15.9. The van der Waals surface area contributed by atoms with Gasteiger partial charge in [0.2, 0.25) is 0 Å². The quantitative estimate of drug-likeness (QED) is 0.561. The van der Waals surface area contributed by atoms with Crippen LogP contribution in [0.3, 0.4) is 0 Å². The van der Waals surface area contributed by atoms with E-state index in [9.17, 15) is 0 Å². The summed E-state index contributed by atoms with van der Waals surface area (Å²) in [6.45, 7) is 3.26. The molecule has 2 nitrogen and oxygen atoms in total. The van der Waals surface area contributed by atoms with Crippen molar-refractivity contribution < 1.29 is 0 Å². The lowest BCUT2D eigenvalue weighted by molar-refractivity contribution is 0.505. The van der Waals surface area contributed by atoms with Gasteiger partial charge in [0.1, 0.15) is 0 Å². The molecule has 1 atom stereocenters. The van der Waals surface area contributed by atoms with Gasteiger partial charge in [0.15, 0.2) is 0 Å². The van der Waals surface area contributed by atoms with Gasteiger partial charge in [-0.2, -0.15) is 0 Å². The van der Waals surface area contributed by atoms with E-state index in [1.807, 2.05) is 12.5 Å². The SMILES string of the molecule is CCCCC(Cn1ccnc1)c1ccc(-c2ccccc2)cc1. The van der Waals surface area contributed by atoms with Crippen molar-refractivity contribution in [1.82, 2.24) is 9.55 Å². The van der Waals surface area contributed by atoms with Crippen LogP contribution in [-0.2, 0) is 6.54 Å². The third-order valence-corrected chi connectivity index (χ3v) is 4.39. The molecule has 0 saturated carbocycles. The lowest BCUT2D eigenvalue weighted by atomic mass is 9.92. The maximum absolute atomic E-state index is 4.17. The van der Waals surface area contributed by atoms with Gasteiger partial charge in [-0.3, -0.25) is 0 Å². The van der Waals surface area contributed by atoms with Crippen molar-refractivity contribution in [3.8, 4) is 11.1 Å². The van der Waals surface area contributed by atoms with Crippen molar-refractivity contribution in [2.24, 2.45) is 0 Å². The number of nitrogens with zero attached hydrogens (tertiary/aromatic N) is 2. The van der Waals surface area contributed by atoms with Crippen molar-refractivity contribution in [2.45, 2.75) is 38.6 Å². The summed E-state index contributed by atoms with van der Waals surface area (Å²) < 4.78 is 2.19. The maximum Gasteiger partial charge on any atom is 0.0946 e. The summed E-state index contributed by atoms with van der Waals surface area (Å²) in [4.78, 5) is 4.17. The van der Waals surface area contributed by atoms with Crippen LogP contribution in [0.5, 0.6) is 0 Å². The Morgan fingerprint density at radius 2 is 1.70 bits per heavy atom. The van der Waals surface area contributed by atoms with Gasteiger partial charge in [0.25, 0.3) is 0 Å². The van der Waals surface area contributed by atoms with E-state index in [-0.39, 0.29) is 0 Å². The Morgan fingerprint density at radius 3 is 2.35 bits per heavy atom. The molecule has 1 unspecified atom stereocenters. The predicted molar refractivity (Wildman–Crippen MR) is 96.4 cm³/mol. The number of aromatic nitrogens is 2. The topological polar surface area (TPSA) is 17.8 Å². The standard InChI is InChI=1S/C21H24N2/c1-2-3-7-21(16-23-15-14-22-17-23)20-12-10-19(11-13-20)18-8-5-4-6-9-18/h4-6,8-15,17,21H,2-3,7,16H2,1H3. The molecule has 3 aromatic rings. The van der Waals surface area contributed by atoms with Crippen LogP contribution in [0.15, 0.2) is 73.3 Å². The summed E-state index contributed by atoms with van der Waals surface area (Å²) in [5, 5.41) is 0. The molecule has 0 aliphatic carbocycles. The molecule has 0 fully saturated rings. The molecule has 0 aliphatic rings. The molecule has 23 heavy (non-hydrogen) atoms. The fourth-order valence-corrected chi connectivity index (χ4v) is 3.04. The zero-order valence-corrected chi connectivity index (χ0v) is 13.7. The van der Waals surface area contributed by atoms with Crippen LogP contribution in [0.25, 0.3) is 11.1 Å². The Morgan fingerprint density at radius 1 is 0.957 bits per heavy atom. The van der Waals surface area contributed by atoms with E-state index in [0.717, 1.165) is 6.54 Å². The minimum absolute atomic E-state index is 0.550. The molecule has 2 aromatic carbocycles. The number of unbranched alkanes of at least 4 members (excludes halogenated alkanes) is 1. The molecule has 2 heteroatoms. The maximum atomic E-state index is 4.17. The molecule has 0 spiro atoms. The van der Waals surface area contributed by atoms with Gasteiger partial charge >= 0.3 is 0 Å². The minimum atomic E-state index is 0.550. The van der Waals surface area contributed by atoms with Crippen molar-refractivity contribution >= 4 is 0 Å². The van der Waals surface area contributed by atoms with Crippen molar-refractivity contribution in [3.63, 3.8) is 0 Å². The molecule has 0 radical (unpaired) electrons. The number of hydrogen-bond donors (Lipinski definition) is 0. The van der Waals surface area contributed by atoms with Gasteiger partial charge in [-0.05, 0) is 23.1 Å². The summed E-state index contributed by atoms with van der Waals surface area (Å²) in [5.41, 5.74) is 3.98. The molecule has 118 valence electrons. The Labute approximate surface area is 138 Å². The van der Waals surface area contributed by atoms with E-state index in [1.165, 1.54) is 36.0 Å². The lowest BCUT2D eigenvalue weighted by Crippen LogP contribution is -2.08. The second kappa shape index (κ2) is 7.77. The molecule has 0 aliphatic heterocycles. The van der Waals surface area contributed by atoms with E-state index >= 15 is 0 Å². The van der Waals surface area contributed by atoms with Crippen LogP contribution in [0, 0.1) is 0 Å². The lowest BCUT2D eigenvalue weighted by Gasteiger charge is -2.18. The first-order chi connectivity index (χ1) is 11.4. The molecular weight excluding hydrogens is 280 g/mol. The van der Waals surface area contributed by atoms with Crippen LogP contribution in [0.4, 0.5) is 0 Å². The predicted octanol–water partition coefficient (Wildman–Crippen LogP) is 5.52. The third-order valence-electron chi connectivity index (χ3n) is 4.39. The van der Waals surface area contributed by atoms with Crippen LogP contribution in [-0.4, -0.2) is 9.55 Å². The number of hydrogen-bond acceptors (Lipinski definition) is 1. The van der Waals surface area contributed by atoms with E-state index < -0.39 is 0 Å². The summed E-state index contributed by atoms with van der Waals surface area (Å²) in [6, 6.07) is 19.6. The Hall–Kier alpha value is -2.35. The molecule has 0 bridgehead atoms. The monoisotopic (exact) mass is 304 g/mol. The highest BCUT2D eigenvalue weighted by Crippen LogP contribution is 2.27. The molecule has 0 amide bonds. The van der Waals surface area contributed by atoms with Gasteiger partial charge in [-0.25, -0.2) is 4.98 Å². The van der Waals surface area contributed by atoms with Gasteiger partial charge < -0.3 is 4.57 Å². The molecule has 3 rings (SSSR count). The normalized spacial score (nSPS) is 12.2. The molecule has 0 saturated heterocycles. The van der Waals surface area contributed by atoms with Gasteiger partial charge in [-0.1, -0.05) is 74.4 Å². The molecule has 0 N–H and O–H groups in total. The number of imidazole rings is 1. The van der Waals surface area contributed by atoms with Crippen molar-refractivity contribution in [3.05, 3.63) is 78.9 Å². The van der Waals surface area contributed by atoms with E-state index in [0.29, 0.717) is 5.92 Å². The van der Waals surface area contributed by atoms with Crippen molar-refractivity contribution in [1.29, 1.82) is 0 Å². The highest BCUT2D eigenvalue weighted by molar-refractivity contribution is 5.63. The average molecular weight is 304 g/mol. The van der Waals surface area contributed by atoms with Crippen LogP contribution in [0.2, 0.25) is 0 Å². The van der Waals surface area contributed by atoms with Gasteiger partial charge in [0.05, 0.1) is 6.33 Å². The number of benzene rings is 2. The van der Waals surface area contributed by atoms with E-state index in [1.54, 1.807) is 0 Å². The second-order valence-electron chi connectivity index (χ2n) is 6.09. The summed E-state index contributed by atoms with van der Waals surface area (Å²) in [7, 11) is 0. The fourth-order valence-electron chi connectivity index (χ4n) is 3.04.